The standard InChI is InChI=1S/C35H60N8O14/c36-18-4-2-8-22(42-34(56)24(10-14-28(46)47)40-26(44)12-16-30(50)51)32(54)38-20-6-1-7-21-39-33(55)23(9-3-5-19-37)43-35(57)25(11-15-29(48)49)41-27(45)13-17-31(52)53/h22-25H,1-21,36-37H2,(H,38,54)(H,39,55)(H,40,44)(H,41,45)(H,42,56)(H,43,57)(H,46,47)(H,48,49)(H,50,51)(H,52,53)/t22-,23-,24-,25-/m0/s1. The fraction of sp³-hybridized carbons (Fsp3) is 0.714. The van der Waals surface area contributed by atoms with E-state index < -0.39 is 122 Å². The van der Waals surface area contributed by atoms with Crippen LogP contribution in [0.5, 0.6) is 0 Å². The van der Waals surface area contributed by atoms with E-state index in [2.05, 4.69) is 31.9 Å². The molecular weight excluding hydrogens is 756 g/mol. The first-order valence-corrected chi connectivity index (χ1v) is 19.0. The van der Waals surface area contributed by atoms with Crippen LogP contribution < -0.4 is 43.4 Å². The molecule has 22 heteroatoms. The molecule has 0 fully saturated rings. The van der Waals surface area contributed by atoms with Crippen molar-refractivity contribution in [2.75, 3.05) is 26.2 Å². The summed E-state index contributed by atoms with van der Waals surface area (Å²) in [5, 5.41) is 51.1. The Balaban J connectivity index is 5.24. The summed E-state index contributed by atoms with van der Waals surface area (Å²) in [7, 11) is 0. The number of nitrogens with two attached hydrogens (primary N) is 2. The van der Waals surface area contributed by atoms with Gasteiger partial charge in [0, 0.05) is 38.8 Å². The minimum atomic E-state index is -1.33. The number of carboxylic acid groups (broad SMARTS) is 4. The molecule has 0 saturated heterocycles. The third-order valence-electron chi connectivity index (χ3n) is 8.34. The molecule has 0 bridgehead atoms. The quantitative estimate of drug-likeness (QED) is 0.0314. The Kier molecular flexibility index (Phi) is 27.9. The van der Waals surface area contributed by atoms with Crippen LogP contribution in [0.15, 0.2) is 0 Å². The first-order valence-electron chi connectivity index (χ1n) is 19.0. The maximum Gasteiger partial charge on any atom is 0.303 e. The van der Waals surface area contributed by atoms with Crippen molar-refractivity contribution in [3.05, 3.63) is 0 Å². The smallest absolute Gasteiger partial charge is 0.303 e. The van der Waals surface area contributed by atoms with Gasteiger partial charge in [-0.15, -0.1) is 0 Å². The lowest BCUT2D eigenvalue weighted by Crippen LogP contribution is -2.54. The predicted molar refractivity (Wildman–Crippen MR) is 201 cm³/mol. The van der Waals surface area contributed by atoms with Gasteiger partial charge in [0.15, 0.2) is 0 Å². The van der Waals surface area contributed by atoms with Crippen LogP contribution in [0.4, 0.5) is 0 Å². The van der Waals surface area contributed by atoms with Crippen LogP contribution in [0.25, 0.3) is 0 Å². The van der Waals surface area contributed by atoms with Crippen LogP contribution in [-0.4, -0.2) is 130 Å². The van der Waals surface area contributed by atoms with Crippen LogP contribution in [0.3, 0.4) is 0 Å². The summed E-state index contributed by atoms with van der Waals surface area (Å²) in [6.07, 6.45) is 0.501. The van der Waals surface area contributed by atoms with Gasteiger partial charge in [0.25, 0.3) is 0 Å². The van der Waals surface area contributed by atoms with E-state index >= 15 is 0 Å². The average Bonchev–Trinajstić information content (AvgIpc) is 3.14. The average molecular weight is 817 g/mol. The molecule has 0 aromatic carbocycles. The molecule has 6 amide bonds. The normalized spacial score (nSPS) is 12.8. The second-order valence-corrected chi connectivity index (χ2v) is 13.2. The van der Waals surface area contributed by atoms with Crippen molar-refractivity contribution in [2.24, 2.45) is 11.5 Å². The molecule has 57 heavy (non-hydrogen) atoms. The maximum atomic E-state index is 13.1. The Hall–Kier alpha value is -5.38. The predicted octanol–water partition coefficient (Wildman–Crippen LogP) is -1.95. The Morgan fingerprint density at radius 1 is 0.368 bits per heavy atom. The van der Waals surface area contributed by atoms with E-state index in [9.17, 15) is 47.9 Å². The highest BCUT2D eigenvalue weighted by Gasteiger charge is 2.29. The van der Waals surface area contributed by atoms with Gasteiger partial charge in [0.1, 0.15) is 24.2 Å². The summed E-state index contributed by atoms with van der Waals surface area (Å²) < 4.78 is 0. The summed E-state index contributed by atoms with van der Waals surface area (Å²) in [5.41, 5.74) is 11.1. The summed E-state index contributed by atoms with van der Waals surface area (Å²) in [6.45, 7) is 1.06. The van der Waals surface area contributed by atoms with Gasteiger partial charge in [0.2, 0.25) is 35.4 Å². The number of amides is 6. The Bertz CT molecular complexity index is 1250. The molecule has 0 radical (unpaired) electrons. The fourth-order valence-corrected chi connectivity index (χ4v) is 5.21. The largest absolute Gasteiger partial charge is 0.481 e. The van der Waals surface area contributed by atoms with Crippen LogP contribution in [0, 0.1) is 0 Å². The molecule has 0 aliphatic rings. The molecule has 324 valence electrons. The minimum Gasteiger partial charge on any atom is -0.481 e. The second kappa shape index (κ2) is 30.8. The number of carbonyl (C=O) groups is 10. The lowest BCUT2D eigenvalue weighted by Gasteiger charge is -2.23. The highest BCUT2D eigenvalue weighted by molar-refractivity contribution is 5.93. The van der Waals surface area contributed by atoms with Gasteiger partial charge in [-0.25, -0.2) is 0 Å². The zero-order valence-electron chi connectivity index (χ0n) is 32.2. The molecule has 0 unspecified atom stereocenters. The Morgan fingerprint density at radius 3 is 1.02 bits per heavy atom. The maximum absolute atomic E-state index is 13.1. The topological polar surface area (TPSA) is 376 Å². The molecule has 14 N–H and O–H groups in total. The van der Waals surface area contributed by atoms with Crippen molar-refractivity contribution in [1.82, 2.24) is 31.9 Å². The molecule has 0 heterocycles. The number of aliphatic carboxylic acids is 4. The summed E-state index contributed by atoms with van der Waals surface area (Å²) in [4.78, 5) is 121. The SMILES string of the molecule is NCCCC[C@H](NC(=O)[C@H](CCC(=O)O)NC(=O)CCC(=O)O)C(=O)NCCCCCNC(=O)[C@H](CCCCN)NC(=O)[C@H](CCC(=O)O)NC(=O)CCC(=O)O. The third-order valence-corrected chi connectivity index (χ3v) is 8.34. The zero-order valence-corrected chi connectivity index (χ0v) is 32.2. The highest BCUT2D eigenvalue weighted by Crippen LogP contribution is 2.08. The lowest BCUT2D eigenvalue weighted by molar-refractivity contribution is -0.140. The zero-order chi connectivity index (χ0) is 43.2. The van der Waals surface area contributed by atoms with Gasteiger partial charge in [-0.05, 0) is 83.7 Å². The van der Waals surface area contributed by atoms with Gasteiger partial charge in [-0.2, -0.15) is 0 Å². The van der Waals surface area contributed by atoms with E-state index in [1.54, 1.807) is 0 Å². The van der Waals surface area contributed by atoms with Gasteiger partial charge in [-0.3, -0.25) is 47.9 Å². The molecule has 0 rings (SSSR count). The number of rotatable bonds is 34. The molecular formula is C35H60N8O14. The molecule has 0 spiro atoms. The van der Waals surface area contributed by atoms with E-state index in [4.69, 9.17) is 31.9 Å². The van der Waals surface area contributed by atoms with Crippen molar-refractivity contribution in [1.29, 1.82) is 0 Å². The third kappa shape index (κ3) is 27.0. The van der Waals surface area contributed by atoms with Crippen molar-refractivity contribution in [2.45, 2.75) is 133 Å². The first-order chi connectivity index (χ1) is 27.0. The number of carbonyl (C=O) groups excluding carboxylic acids is 6. The summed E-state index contributed by atoms with van der Waals surface area (Å²) in [5.74, 6) is -9.13. The first kappa shape index (κ1) is 51.6. The van der Waals surface area contributed by atoms with E-state index in [1.165, 1.54) is 0 Å². The van der Waals surface area contributed by atoms with Gasteiger partial charge < -0.3 is 63.8 Å². The van der Waals surface area contributed by atoms with Crippen LogP contribution >= 0.6 is 0 Å². The number of hydrogen-bond acceptors (Lipinski definition) is 12. The molecule has 0 aliphatic heterocycles. The highest BCUT2D eigenvalue weighted by atomic mass is 16.4. The van der Waals surface area contributed by atoms with Gasteiger partial charge >= 0.3 is 23.9 Å². The molecule has 0 saturated carbocycles. The molecule has 0 aromatic heterocycles. The number of hydrogen-bond donors (Lipinski definition) is 12. The van der Waals surface area contributed by atoms with E-state index in [0.29, 0.717) is 58.0 Å². The minimum absolute atomic E-state index is 0.193. The second-order valence-electron chi connectivity index (χ2n) is 13.2. The Labute approximate surface area is 330 Å². The summed E-state index contributed by atoms with van der Waals surface area (Å²) >= 11 is 0. The number of carboxylic acids is 4. The molecule has 22 nitrogen and oxygen atoms in total. The van der Waals surface area contributed by atoms with Crippen molar-refractivity contribution < 1.29 is 68.4 Å². The van der Waals surface area contributed by atoms with Crippen LogP contribution in [0.1, 0.15) is 109 Å². The van der Waals surface area contributed by atoms with E-state index in [-0.39, 0.29) is 38.8 Å². The van der Waals surface area contributed by atoms with E-state index in [0.717, 1.165) is 0 Å². The van der Waals surface area contributed by atoms with Crippen molar-refractivity contribution in [3.8, 4) is 0 Å². The molecule has 0 aromatic rings. The summed E-state index contributed by atoms with van der Waals surface area (Å²) in [6, 6.07) is -4.74. The molecule has 0 aliphatic carbocycles. The fourth-order valence-electron chi connectivity index (χ4n) is 5.21. The Morgan fingerprint density at radius 2 is 0.702 bits per heavy atom. The van der Waals surface area contributed by atoms with Crippen molar-refractivity contribution >= 4 is 59.3 Å². The molecule has 4 atom stereocenters. The van der Waals surface area contributed by atoms with Crippen LogP contribution in [-0.2, 0) is 47.9 Å². The van der Waals surface area contributed by atoms with Gasteiger partial charge in [0.05, 0.1) is 12.8 Å². The number of unbranched alkanes of at least 4 members (excludes halogenated alkanes) is 4. The van der Waals surface area contributed by atoms with E-state index in [1.807, 2.05) is 0 Å². The van der Waals surface area contributed by atoms with Gasteiger partial charge in [-0.1, -0.05) is 0 Å². The van der Waals surface area contributed by atoms with Crippen molar-refractivity contribution in [3.63, 3.8) is 0 Å². The van der Waals surface area contributed by atoms with Crippen LogP contribution in [0.2, 0.25) is 0 Å². The number of nitrogens with one attached hydrogen (secondary N) is 6. The monoisotopic (exact) mass is 816 g/mol. The lowest BCUT2D eigenvalue weighted by atomic mass is 10.1.